The van der Waals surface area contributed by atoms with Crippen LogP contribution in [0.5, 0.6) is 0 Å². The number of halogens is 3. The highest BCUT2D eigenvalue weighted by Gasteiger charge is 2.48. The van der Waals surface area contributed by atoms with Crippen LogP contribution in [0, 0.1) is 5.92 Å². The first kappa shape index (κ1) is 24.9. The number of hydrogen-bond acceptors (Lipinski definition) is 4. The topological polar surface area (TPSA) is 41.6 Å². The quantitative estimate of drug-likeness (QED) is 0.544. The molecule has 3 atom stereocenters. The van der Waals surface area contributed by atoms with Crippen LogP contribution in [0.4, 0.5) is 13.2 Å². The van der Waals surface area contributed by atoms with E-state index in [9.17, 15) is 18.0 Å². The van der Waals surface area contributed by atoms with Crippen LogP contribution in [0.1, 0.15) is 31.9 Å². The summed E-state index contributed by atoms with van der Waals surface area (Å²) in [6, 6.07) is 15.0. The molecule has 0 radical (unpaired) electrons. The normalized spacial score (nSPS) is 15.0. The molecule has 0 heterocycles. The van der Waals surface area contributed by atoms with Crippen molar-refractivity contribution in [2.24, 2.45) is 5.92 Å². The Morgan fingerprint density at radius 1 is 0.935 bits per heavy atom. The minimum Gasteiger partial charge on any atom is -0.468 e. The highest BCUT2D eigenvalue weighted by atomic mass is 19.4. The van der Waals surface area contributed by atoms with Gasteiger partial charge in [-0.15, -0.1) is 0 Å². The van der Waals surface area contributed by atoms with E-state index in [2.05, 4.69) is 10.1 Å². The molecule has 0 aliphatic heterocycles. The molecule has 0 saturated heterocycles. The van der Waals surface area contributed by atoms with Gasteiger partial charge in [-0.25, -0.2) is 0 Å². The molecule has 0 amide bonds. The molecule has 2 aromatic rings. The lowest BCUT2D eigenvalue weighted by Gasteiger charge is -2.41. The van der Waals surface area contributed by atoms with E-state index in [4.69, 9.17) is 0 Å². The minimum absolute atomic E-state index is 0.337. The van der Waals surface area contributed by atoms with Gasteiger partial charge in [0.25, 0.3) is 0 Å². The monoisotopic (exact) mass is 436 g/mol. The zero-order chi connectivity index (χ0) is 23.0. The van der Waals surface area contributed by atoms with Crippen LogP contribution in [-0.2, 0) is 22.6 Å². The summed E-state index contributed by atoms with van der Waals surface area (Å²) in [5.41, 5.74) is 1.84. The van der Waals surface area contributed by atoms with Gasteiger partial charge < -0.3 is 4.74 Å². The van der Waals surface area contributed by atoms with E-state index in [-0.39, 0.29) is 5.92 Å². The summed E-state index contributed by atoms with van der Waals surface area (Å²) in [5, 5.41) is 2.50. The van der Waals surface area contributed by atoms with Crippen molar-refractivity contribution in [1.29, 1.82) is 0 Å². The average molecular weight is 437 g/mol. The first-order chi connectivity index (χ1) is 14.6. The number of carbonyl (C=O) groups excluding carboxylic acids is 1. The molecule has 0 spiro atoms. The number of hydrogen-bond donors (Lipinski definition) is 1. The van der Waals surface area contributed by atoms with Crippen molar-refractivity contribution in [3.8, 4) is 0 Å². The molecule has 4 nitrogen and oxygen atoms in total. The van der Waals surface area contributed by atoms with E-state index < -0.39 is 30.3 Å². The fourth-order valence-corrected chi connectivity index (χ4v) is 3.82. The highest BCUT2D eigenvalue weighted by molar-refractivity contribution is 5.75. The molecule has 2 aromatic carbocycles. The number of methoxy groups -OCH3 is 1. The number of alkyl halides is 3. The van der Waals surface area contributed by atoms with E-state index in [0.29, 0.717) is 13.1 Å². The number of rotatable bonds is 10. The van der Waals surface area contributed by atoms with Gasteiger partial charge in [0.2, 0.25) is 0 Å². The number of carbonyl (C=O) groups is 1. The molecule has 1 N–H and O–H groups in total. The van der Waals surface area contributed by atoms with Crippen LogP contribution in [-0.4, -0.2) is 42.3 Å². The fourth-order valence-electron chi connectivity index (χ4n) is 3.82. The molecule has 0 bridgehead atoms. The lowest BCUT2D eigenvalue weighted by atomic mass is 9.92. The molecule has 1 unspecified atom stereocenters. The van der Waals surface area contributed by atoms with E-state index in [1.165, 1.54) is 14.0 Å². The van der Waals surface area contributed by atoms with Gasteiger partial charge in [0.1, 0.15) is 12.1 Å². The number of nitrogens with one attached hydrogen (secondary N) is 1. The van der Waals surface area contributed by atoms with Crippen molar-refractivity contribution in [3.05, 3.63) is 71.8 Å². The van der Waals surface area contributed by atoms with Crippen molar-refractivity contribution in [2.75, 3.05) is 7.11 Å². The van der Waals surface area contributed by atoms with Gasteiger partial charge in [-0.3, -0.25) is 15.0 Å². The summed E-state index contributed by atoms with van der Waals surface area (Å²) in [5.74, 6) is -1.06. The second kappa shape index (κ2) is 11.3. The fraction of sp³-hybridized carbons (Fsp3) is 0.458. The third-order valence-corrected chi connectivity index (χ3v) is 5.24. The Morgan fingerprint density at radius 2 is 1.39 bits per heavy atom. The molecule has 0 aromatic heterocycles. The maximum absolute atomic E-state index is 14.3. The summed E-state index contributed by atoms with van der Waals surface area (Å²) in [7, 11) is 1.17. The van der Waals surface area contributed by atoms with E-state index in [0.717, 1.165) is 11.1 Å². The maximum Gasteiger partial charge on any atom is 0.405 e. The number of benzene rings is 2. The minimum atomic E-state index is -4.55. The molecular weight excluding hydrogens is 405 g/mol. The lowest BCUT2D eigenvalue weighted by Crippen LogP contribution is -2.61. The van der Waals surface area contributed by atoms with Gasteiger partial charge in [-0.2, -0.15) is 13.2 Å². The van der Waals surface area contributed by atoms with Crippen LogP contribution in [0.2, 0.25) is 0 Å². The summed E-state index contributed by atoms with van der Waals surface area (Å²) in [6.07, 6.45) is -4.55. The molecule has 7 heteroatoms. The molecule has 0 fully saturated rings. The molecule has 170 valence electrons. The van der Waals surface area contributed by atoms with Crippen LogP contribution >= 0.6 is 0 Å². The first-order valence-corrected chi connectivity index (χ1v) is 10.4. The Hall–Kier alpha value is -2.38. The number of ether oxygens (including phenoxy) is 1. The number of nitrogens with zero attached hydrogens (tertiary/aromatic N) is 1. The molecule has 0 aliphatic carbocycles. The third-order valence-electron chi connectivity index (χ3n) is 5.24. The molecule has 0 saturated carbocycles. The maximum atomic E-state index is 14.3. The largest absolute Gasteiger partial charge is 0.468 e. The van der Waals surface area contributed by atoms with Crippen LogP contribution in [0.3, 0.4) is 0 Å². The molecule has 31 heavy (non-hydrogen) atoms. The summed E-state index contributed by atoms with van der Waals surface area (Å²) in [6.45, 7) is 5.63. The van der Waals surface area contributed by atoms with Crippen molar-refractivity contribution in [2.45, 2.75) is 58.2 Å². The first-order valence-electron chi connectivity index (χ1n) is 10.4. The highest BCUT2D eigenvalue weighted by Crippen LogP contribution is 2.31. The SMILES string of the molecule is COC(=O)C(C)N[C@@H]([C@H](C(C)C)N(Cc1ccccc1)Cc1ccccc1)C(F)(F)F. The van der Waals surface area contributed by atoms with Crippen molar-refractivity contribution in [3.63, 3.8) is 0 Å². The molecule has 2 rings (SSSR count). The second-order valence-corrected chi connectivity index (χ2v) is 8.04. The molecular formula is C24H31F3N2O2. The van der Waals surface area contributed by atoms with Crippen molar-refractivity contribution < 1.29 is 22.7 Å². The van der Waals surface area contributed by atoms with Gasteiger partial charge in [-0.05, 0) is 24.0 Å². The Balaban J connectivity index is 2.44. The smallest absolute Gasteiger partial charge is 0.405 e. The Morgan fingerprint density at radius 3 is 1.74 bits per heavy atom. The van der Waals surface area contributed by atoms with Crippen molar-refractivity contribution in [1.82, 2.24) is 10.2 Å². The van der Waals surface area contributed by atoms with Gasteiger partial charge in [0.05, 0.1) is 7.11 Å². The van der Waals surface area contributed by atoms with Gasteiger partial charge in [0, 0.05) is 19.1 Å². The zero-order valence-electron chi connectivity index (χ0n) is 18.4. The van der Waals surface area contributed by atoms with Crippen LogP contribution in [0.15, 0.2) is 60.7 Å². The van der Waals surface area contributed by atoms with E-state index >= 15 is 0 Å². The van der Waals surface area contributed by atoms with Gasteiger partial charge in [0.15, 0.2) is 0 Å². The number of esters is 1. The van der Waals surface area contributed by atoms with Crippen LogP contribution in [0.25, 0.3) is 0 Å². The van der Waals surface area contributed by atoms with Gasteiger partial charge >= 0.3 is 12.1 Å². The predicted molar refractivity (Wildman–Crippen MR) is 115 cm³/mol. The van der Waals surface area contributed by atoms with Gasteiger partial charge in [-0.1, -0.05) is 74.5 Å². The summed E-state index contributed by atoms with van der Waals surface area (Å²) < 4.78 is 47.4. The Kier molecular flexibility index (Phi) is 9.07. The lowest BCUT2D eigenvalue weighted by molar-refractivity contribution is -0.180. The van der Waals surface area contributed by atoms with E-state index in [1.54, 1.807) is 13.8 Å². The Labute approximate surface area is 182 Å². The standard InChI is InChI=1S/C24H31F3N2O2/c1-17(2)21(22(24(25,26)27)28-18(3)23(30)31-4)29(15-19-11-7-5-8-12-19)16-20-13-9-6-10-14-20/h5-14,17-18,21-22,28H,15-16H2,1-4H3/t18?,21-,22-/m0/s1. The Bertz CT molecular complexity index is 756. The van der Waals surface area contributed by atoms with E-state index in [1.807, 2.05) is 65.6 Å². The zero-order valence-corrected chi connectivity index (χ0v) is 18.4. The van der Waals surface area contributed by atoms with Crippen LogP contribution < -0.4 is 5.32 Å². The third kappa shape index (κ3) is 7.36. The summed E-state index contributed by atoms with van der Waals surface area (Å²) in [4.78, 5) is 13.7. The molecule has 0 aliphatic rings. The average Bonchev–Trinajstić information content (AvgIpc) is 2.73. The summed E-state index contributed by atoms with van der Waals surface area (Å²) >= 11 is 0. The predicted octanol–water partition coefficient (Wildman–Crippen LogP) is 4.80. The second-order valence-electron chi connectivity index (χ2n) is 8.04. The van der Waals surface area contributed by atoms with Crippen molar-refractivity contribution >= 4 is 5.97 Å².